The van der Waals surface area contributed by atoms with Gasteiger partial charge in [0.05, 0.1) is 12.8 Å². The zero-order valence-electron chi connectivity index (χ0n) is 17.8. The van der Waals surface area contributed by atoms with Crippen LogP contribution < -0.4 is 0 Å². The summed E-state index contributed by atoms with van der Waals surface area (Å²) in [6, 6.07) is 11.4. The molecular formula is C24H27FN2O3S. The summed E-state index contributed by atoms with van der Waals surface area (Å²) >= 11 is 1.60. The highest BCUT2D eigenvalue weighted by Gasteiger charge is 2.24. The van der Waals surface area contributed by atoms with Crippen LogP contribution in [0.2, 0.25) is 0 Å². The van der Waals surface area contributed by atoms with Crippen molar-refractivity contribution in [1.82, 2.24) is 9.80 Å². The van der Waals surface area contributed by atoms with Gasteiger partial charge in [-0.3, -0.25) is 9.59 Å². The van der Waals surface area contributed by atoms with Gasteiger partial charge in [-0.2, -0.15) is 0 Å². The third kappa shape index (κ3) is 6.28. The van der Waals surface area contributed by atoms with E-state index in [0.717, 1.165) is 28.8 Å². The van der Waals surface area contributed by atoms with Gasteiger partial charge in [-0.1, -0.05) is 25.5 Å². The van der Waals surface area contributed by atoms with Gasteiger partial charge in [0.15, 0.2) is 5.76 Å². The van der Waals surface area contributed by atoms with Crippen molar-refractivity contribution in [3.05, 3.63) is 81.7 Å². The molecule has 5 nitrogen and oxygen atoms in total. The first-order valence-electron chi connectivity index (χ1n) is 10.4. The zero-order chi connectivity index (χ0) is 22.2. The fourth-order valence-corrected chi connectivity index (χ4v) is 4.12. The zero-order valence-corrected chi connectivity index (χ0v) is 18.7. The normalized spacial score (nSPS) is 10.8. The Bertz CT molecular complexity index is 983. The van der Waals surface area contributed by atoms with E-state index in [2.05, 4.69) is 0 Å². The van der Waals surface area contributed by atoms with E-state index in [4.69, 9.17) is 4.42 Å². The summed E-state index contributed by atoms with van der Waals surface area (Å²) in [4.78, 5) is 30.5. The van der Waals surface area contributed by atoms with Crippen molar-refractivity contribution in [3.63, 3.8) is 0 Å². The molecule has 0 spiro atoms. The summed E-state index contributed by atoms with van der Waals surface area (Å²) in [6.07, 6.45) is 3.15. The maximum Gasteiger partial charge on any atom is 0.290 e. The van der Waals surface area contributed by atoms with E-state index in [0.29, 0.717) is 19.6 Å². The Kier molecular flexibility index (Phi) is 8.00. The summed E-state index contributed by atoms with van der Waals surface area (Å²) < 4.78 is 18.6. The summed E-state index contributed by atoms with van der Waals surface area (Å²) in [5, 5.41) is 2.00. The number of furan rings is 1. The van der Waals surface area contributed by atoms with E-state index in [-0.39, 0.29) is 29.9 Å². The molecule has 3 rings (SSSR count). The SMILES string of the molecule is CCCCN(CC(=O)N(Cc1ccc(F)cc1)Cc1sccc1C)C(=O)c1ccco1. The fourth-order valence-electron chi connectivity index (χ4n) is 3.20. The second-order valence-electron chi connectivity index (χ2n) is 7.46. The molecule has 0 aliphatic carbocycles. The molecule has 2 aromatic heterocycles. The van der Waals surface area contributed by atoms with Crippen LogP contribution in [0.3, 0.4) is 0 Å². The summed E-state index contributed by atoms with van der Waals surface area (Å²) in [7, 11) is 0. The van der Waals surface area contributed by atoms with Crippen molar-refractivity contribution >= 4 is 23.2 Å². The molecule has 2 heterocycles. The Morgan fingerprint density at radius 3 is 2.45 bits per heavy atom. The van der Waals surface area contributed by atoms with E-state index in [1.54, 1.807) is 45.4 Å². The number of nitrogens with zero attached hydrogens (tertiary/aromatic N) is 2. The molecule has 0 atom stereocenters. The van der Waals surface area contributed by atoms with Crippen LogP contribution in [0.4, 0.5) is 4.39 Å². The lowest BCUT2D eigenvalue weighted by Gasteiger charge is -2.27. The molecule has 0 aliphatic rings. The molecule has 0 fully saturated rings. The largest absolute Gasteiger partial charge is 0.459 e. The molecule has 0 saturated heterocycles. The number of amides is 2. The van der Waals surface area contributed by atoms with E-state index in [9.17, 15) is 14.0 Å². The van der Waals surface area contributed by atoms with Gasteiger partial charge in [0, 0.05) is 18.0 Å². The first-order chi connectivity index (χ1) is 15.0. The van der Waals surface area contributed by atoms with Crippen LogP contribution in [0.25, 0.3) is 0 Å². The average molecular weight is 443 g/mol. The Morgan fingerprint density at radius 2 is 1.84 bits per heavy atom. The maximum atomic E-state index is 13.3. The average Bonchev–Trinajstić information content (AvgIpc) is 3.44. The van der Waals surface area contributed by atoms with E-state index < -0.39 is 0 Å². The van der Waals surface area contributed by atoms with Crippen LogP contribution in [0, 0.1) is 12.7 Å². The van der Waals surface area contributed by atoms with Gasteiger partial charge >= 0.3 is 0 Å². The lowest BCUT2D eigenvalue weighted by Crippen LogP contribution is -2.42. The Labute approximate surface area is 186 Å². The molecule has 164 valence electrons. The number of aryl methyl sites for hydroxylation is 1. The van der Waals surface area contributed by atoms with Crippen molar-refractivity contribution in [2.45, 2.75) is 39.8 Å². The minimum atomic E-state index is -0.314. The minimum Gasteiger partial charge on any atom is -0.459 e. The van der Waals surface area contributed by atoms with Crippen molar-refractivity contribution in [2.24, 2.45) is 0 Å². The number of benzene rings is 1. The monoisotopic (exact) mass is 442 g/mol. The van der Waals surface area contributed by atoms with Gasteiger partial charge in [-0.05, 0) is 60.2 Å². The highest BCUT2D eigenvalue weighted by atomic mass is 32.1. The van der Waals surface area contributed by atoms with Gasteiger partial charge in [0.25, 0.3) is 5.91 Å². The van der Waals surface area contributed by atoms with Crippen LogP contribution in [0.15, 0.2) is 58.5 Å². The lowest BCUT2D eigenvalue weighted by molar-refractivity contribution is -0.133. The van der Waals surface area contributed by atoms with E-state index in [1.807, 2.05) is 25.3 Å². The van der Waals surface area contributed by atoms with Crippen molar-refractivity contribution in [3.8, 4) is 0 Å². The number of halogens is 1. The summed E-state index contributed by atoms with van der Waals surface area (Å²) in [6.45, 7) is 5.27. The third-order valence-corrected chi connectivity index (χ3v) is 6.08. The van der Waals surface area contributed by atoms with Crippen molar-refractivity contribution in [2.75, 3.05) is 13.1 Å². The minimum absolute atomic E-state index is 0.0366. The molecule has 0 unspecified atom stereocenters. The molecule has 31 heavy (non-hydrogen) atoms. The smallest absolute Gasteiger partial charge is 0.290 e. The first-order valence-corrected chi connectivity index (χ1v) is 11.2. The fraction of sp³-hybridized carbons (Fsp3) is 0.333. The van der Waals surface area contributed by atoms with Gasteiger partial charge in [-0.15, -0.1) is 11.3 Å². The Balaban J connectivity index is 1.79. The molecular weight excluding hydrogens is 415 g/mol. The van der Waals surface area contributed by atoms with E-state index >= 15 is 0 Å². The van der Waals surface area contributed by atoms with Crippen LogP contribution in [-0.4, -0.2) is 34.7 Å². The van der Waals surface area contributed by atoms with Gasteiger partial charge in [0.2, 0.25) is 5.91 Å². The molecule has 3 aromatic rings. The standard InChI is InChI=1S/C24H27FN2O3S/c1-3-4-12-26(24(29)21-6-5-13-30-21)17-23(28)27(16-22-18(2)11-14-31-22)15-19-7-9-20(25)10-8-19/h5-11,13-14H,3-4,12,15-17H2,1-2H3. The van der Waals surface area contributed by atoms with Gasteiger partial charge in [-0.25, -0.2) is 4.39 Å². The van der Waals surface area contributed by atoms with Gasteiger partial charge < -0.3 is 14.2 Å². The molecule has 1 aromatic carbocycles. The number of hydrogen-bond donors (Lipinski definition) is 0. The van der Waals surface area contributed by atoms with Crippen molar-refractivity contribution < 1.29 is 18.4 Å². The van der Waals surface area contributed by atoms with Crippen LogP contribution in [-0.2, 0) is 17.9 Å². The highest BCUT2D eigenvalue weighted by Crippen LogP contribution is 2.20. The van der Waals surface area contributed by atoms with Crippen LogP contribution >= 0.6 is 11.3 Å². The quantitative estimate of drug-likeness (QED) is 0.430. The Morgan fingerprint density at radius 1 is 1.06 bits per heavy atom. The summed E-state index contributed by atoms with van der Waals surface area (Å²) in [5.74, 6) is -0.539. The second kappa shape index (κ2) is 10.9. The molecule has 7 heteroatoms. The number of thiophene rings is 1. The highest BCUT2D eigenvalue weighted by molar-refractivity contribution is 7.10. The predicted octanol–water partition coefficient (Wildman–Crippen LogP) is 5.26. The molecule has 0 N–H and O–H groups in total. The maximum absolute atomic E-state index is 13.3. The second-order valence-corrected chi connectivity index (χ2v) is 8.46. The van der Waals surface area contributed by atoms with Gasteiger partial charge in [0.1, 0.15) is 12.4 Å². The number of rotatable bonds is 10. The molecule has 0 saturated carbocycles. The number of unbranched alkanes of at least 4 members (excludes halogenated alkanes) is 1. The molecule has 2 amide bonds. The number of carbonyl (C=O) groups is 2. The lowest BCUT2D eigenvalue weighted by atomic mass is 10.2. The molecule has 0 radical (unpaired) electrons. The van der Waals surface area contributed by atoms with E-state index in [1.165, 1.54) is 18.4 Å². The summed E-state index contributed by atoms with van der Waals surface area (Å²) in [5.41, 5.74) is 1.96. The van der Waals surface area contributed by atoms with Crippen LogP contribution in [0.1, 0.15) is 46.3 Å². The predicted molar refractivity (Wildman–Crippen MR) is 119 cm³/mol. The topological polar surface area (TPSA) is 53.8 Å². The molecule has 0 aliphatic heterocycles. The van der Waals surface area contributed by atoms with Crippen LogP contribution in [0.5, 0.6) is 0 Å². The van der Waals surface area contributed by atoms with Crippen molar-refractivity contribution in [1.29, 1.82) is 0 Å². The first kappa shape index (κ1) is 22.7. The third-order valence-electron chi connectivity index (χ3n) is 5.07. The Hall–Kier alpha value is -2.93. The number of carbonyl (C=O) groups excluding carboxylic acids is 2. The number of hydrogen-bond acceptors (Lipinski definition) is 4. The molecule has 0 bridgehead atoms.